The molecule has 1 aromatic carbocycles. The number of carbonyl (C=O) groups is 1. The number of benzene rings is 1. The van der Waals surface area contributed by atoms with Crippen molar-refractivity contribution >= 4 is 11.6 Å². The molecular weight excluding hydrogens is 278 g/mol. The number of methoxy groups -OCH3 is 1. The number of nitrogens with one attached hydrogen (secondary N) is 1. The summed E-state index contributed by atoms with van der Waals surface area (Å²) >= 11 is 0. The van der Waals surface area contributed by atoms with Gasteiger partial charge in [-0.1, -0.05) is 6.92 Å². The lowest BCUT2D eigenvalue weighted by Crippen LogP contribution is -2.42. The Balaban J connectivity index is 2.66. The van der Waals surface area contributed by atoms with E-state index in [-0.39, 0.29) is 18.0 Å². The molecule has 1 rings (SSSR count). The van der Waals surface area contributed by atoms with E-state index in [1.165, 1.54) is 25.3 Å². The first-order chi connectivity index (χ1) is 9.99. The number of non-ortho nitro benzene ring substituents is 1. The minimum atomic E-state index is -0.513. The molecule has 1 amide bonds. The van der Waals surface area contributed by atoms with Crippen LogP contribution in [0.15, 0.2) is 18.2 Å². The second-order valence-corrected chi connectivity index (χ2v) is 4.24. The van der Waals surface area contributed by atoms with Crippen LogP contribution in [0, 0.1) is 10.1 Å². The zero-order chi connectivity index (χ0) is 15.8. The Labute approximate surface area is 122 Å². The van der Waals surface area contributed by atoms with Gasteiger partial charge in [0.25, 0.3) is 5.69 Å². The second kappa shape index (κ2) is 8.05. The maximum Gasteiger partial charge on any atom is 0.273 e. The van der Waals surface area contributed by atoms with Crippen LogP contribution in [-0.2, 0) is 4.79 Å². The van der Waals surface area contributed by atoms with Crippen LogP contribution in [-0.4, -0.2) is 37.1 Å². The molecule has 3 N–H and O–H groups in total. The highest BCUT2D eigenvalue weighted by molar-refractivity contribution is 5.79. The first-order valence-corrected chi connectivity index (χ1v) is 6.47. The summed E-state index contributed by atoms with van der Waals surface area (Å²) in [6, 6.07) is 3.60. The molecule has 0 radical (unpaired) electrons. The summed E-state index contributed by atoms with van der Waals surface area (Å²) in [5.41, 5.74) is 5.17. The second-order valence-electron chi connectivity index (χ2n) is 4.24. The molecule has 0 aliphatic carbocycles. The van der Waals surface area contributed by atoms with Gasteiger partial charge in [-0.25, -0.2) is 0 Å². The summed E-state index contributed by atoms with van der Waals surface area (Å²) < 4.78 is 10.5. The summed E-state index contributed by atoms with van der Waals surface area (Å²) in [4.78, 5) is 21.3. The fourth-order valence-corrected chi connectivity index (χ4v) is 1.77. The fraction of sp³-hybridized carbons (Fsp3) is 0.462. The molecule has 0 saturated carbocycles. The highest BCUT2D eigenvalue weighted by Gasteiger charge is 2.15. The van der Waals surface area contributed by atoms with Crippen molar-refractivity contribution < 1.29 is 19.2 Å². The molecule has 116 valence electrons. The van der Waals surface area contributed by atoms with Crippen LogP contribution >= 0.6 is 0 Å². The van der Waals surface area contributed by atoms with Gasteiger partial charge in [-0.2, -0.15) is 0 Å². The molecule has 0 aliphatic rings. The third-order valence-corrected chi connectivity index (χ3v) is 2.82. The Bertz CT molecular complexity index is 507. The molecule has 21 heavy (non-hydrogen) atoms. The number of rotatable bonds is 9. The topological polar surface area (TPSA) is 117 Å². The predicted molar refractivity (Wildman–Crippen MR) is 76.4 cm³/mol. The van der Waals surface area contributed by atoms with Gasteiger partial charge in [0, 0.05) is 12.5 Å². The molecule has 1 unspecified atom stereocenters. The van der Waals surface area contributed by atoms with Crippen LogP contribution in [0.5, 0.6) is 11.5 Å². The summed E-state index contributed by atoms with van der Waals surface area (Å²) in [6.07, 6.45) is 0.392. The van der Waals surface area contributed by atoms with Gasteiger partial charge in [-0.3, -0.25) is 14.9 Å². The van der Waals surface area contributed by atoms with E-state index in [1.54, 1.807) is 0 Å². The van der Waals surface area contributed by atoms with Crippen molar-refractivity contribution in [2.45, 2.75) is 19.4 Å². The molecule has 0 aromatic heterocycles. The van der Waals surface area contributed by atoms with E-state index in [0.29, 0.717) is 18.7 Å². The molecule has 8 nitrogen and oxygen atoms in total. The number of nitro groups is 1. The van der Waals surface area contributed by atoms with Gasteiger partial charge in [0.05, 0.1) is 30.7 Å². The van der Waals surface area contributed by atoms with E-state index in [4.69, 9.17) is 15.2 Å². The molecule has 8 heteroatoms. The average Bonchev–Trinajstić information content (AvgIpc) is 2.46. The van der Waals surface area contributed by atoms with E-state index in [0.717, 1.165) is 0 Å². The van der Waals surface area contributed by atoms with Crippen molar-refractivity contribution in [1.82, 2.24) is 5.32 Å². The van der Waals surface area contributed by atoms with Crippen molar-refractivity contribution in [1.29, 1.82) is 0 Å². The summed E-state index contributed by atoms with van der Waals surface area (Å²) in [5.74, 6) is 0.196. The summed E-state index contributed by atoms with van der Waals surface area (Å²) in [5, 5.41) is 13.6. The quantitative estimate of drug-likeness (QED) is 0.515. The molecule has 0 heterocycles. The minimum Gasteiger partial charge on any atom is -0.493 e. The van der Waals surface area contributed by atoms with Crippen molar-refractivity contribution in [2.75, 3.05) is 20.3 Å². The first kappa shape index (κ1) is 16.7. The van der Waals surface area contributed by atoms with E-state index in [2.05, 4.69) is 5.32 Å². The molecule has 1 aromatic rings. The van der Waals surface area contributed by atoms with Crippen molar-refractivity contribution in [2.24, 2.45) is 5.73 Å². The Kier molecular flexibility index (Phi) is 6.41. The standard InChI is InChI=1S/C13H19N3O5/c1-3-15-10(13(14)17)6-7-21-11-5-4-9(16(18)19)8-12(11)20-2/h4-5,8,10,15H,3,6-7H2,1-2H3,(H2,14,17). The van der Waals surface area contributed by atoms with Gasteiger partial charge in [-0.05, 0) is 12.6 Å². The van der Waals surface area contributed by atoms with Crippen molar-refractivity contribution in [3.8, 4) is 11.5 Å². The lowest BCUT2D eigenvalue weighted by Gasteiger charge is -2.15. The Hall–Kier alpha value is -2.35. The van der Waals surface area contributed by atoms with Gasteiger partial charge >= 0.3 is 0 Å². The van der Waals surface area contributed by atoms with Crippen LogP contribution in [0.1, 0.15) is 13.3 Å². The molecule has 0 aliphatic heterocycles. The van der Waals surface area contributed by atoms with E-state index in [1.807, 2.05) is 6.92 Å². The van der Waals surface area contributed by atoms with E-state index >= 15 is 0 Å². The van der Waals surface area contributed by atoms with Crippen LogP contribution in [0.3, 0.4) is 0 Å². The number of hydrogen-bond donors (Lipinski definition) is 2. The van der Waals surface area contributed by atoms with Gasteiger partial charge in [0.1, 0.15) is 0 Å². The number of primary amides is 1. The zero-order valence-corrected chi connectivity index (χ0v) is 12.0. The zero-order valence-electron chi connectivity index (χ0n) is 12.0. The minimum absolute atomic E-state index is 0.0816. The van der Waals surface area contributed by atoms with Gasteiger partial charge in [0.2, 0.25) is 5.91 Å². The predicted octanol–water partition coefficient (Wildman–Crippen LogP) is 0.836. The maximum atomic E-state index is 11.2. The Morgan fingerprint density at radius 1 is 1.48 bits per heavy atom. The third kappa shape index (κ3) is 4.92. The molecule has 0 fully saturated rings. The highest BCUT2D eigenvalue weighted by atomic mass is 16.6. The molecule has 0 spiro atoms. The Morgan fingerprint density at radius 3 is 2.71 bits per heavy atom. The Morgan fingerprint density at radius 2 is 2.19 bits per heavy atom. The van der Waals surface area contributed by atoms with Gasteiger partial charge in [0.15, 0.2) is 11.5 Å². The normalized spacial score (nSPS) is 11.7. The molecule has 1 atom stereocenters. The number of ether oxygens (including phenoxy) is 2. The number of nitro benzene ring substituents is 1. The number of nitrogens with zero attached hydrogens (tertiary/aromatic N) is 1. The fourth-order valence-electron chi connectivity index (χ4n) is 1.77. The van der Waals surface area contributed by atoms with E-state index < -0.39 is 16.9 Å². The summed E-state index contributed by atoms with van der Waals surface area (Å²) in [7, 11) is 1.40. The van der Waals surface area contributed by atoms with Gasteiger partial charge < -0.3 is 20.5 Å². The van der Waals surface area contributed by atoms with Crippen LogP contribution in [0.25, 0.3) is 0 Å². The lowest BCUT2D eigenvalue weighted by atomic mass is 10.2. The average molecular weight is 297 g/mol. The monoisotopic (exact) mass is 297 g/mol. The largest absolute Gasteiger partial charge is 0.493 e. The number of hydrogen-bond acceptors (Lipinski definition) is 6. The number of likely N-dealkylation sites (N-methyl/N-ethyl adjacent to an activating group) is 1. The SMILES string of the molecule is CCNC(CCOc1ccc([N+](=O)[O-])cc1OC)C(N)=O. The molecule has 0 bridgehead atoms. The van der Waals surface area contributed by atoms with Gasteiger partial charge in [-0.15, -0.1) is 0 Å². The highest BCUT2D eigenvalue weighted by Crippen LogP contribution is 2.31. The summed E-state index contributed by atoms with van der Waals surface area (Å²) in [6.45, 7) is 2.72. The molecular formula is C13H19N3O5. The number of nitrogens with two attached hydrogens (primary N) is 1. The third-order valence-electron chi connectivity index (χ3n) is 2.82. The van der Waals surface area contributed by atoms with Crippen molar-refractivity contribution in [3.05, 3.63) is 28.3 Å². The lowest BCUT2D eigenvalue weighted by molar-refractivity contribution is -0.385. The van der Waals surface area contributed by atoms with Crippen LogP contribution in [0.4, 0.5) is 5.69 Å². The first-order valence-electron chi connectivity index (χ1n) is 6.47. The van der Waals surface area contributed by atoms with E-state index in [9.17, 15) is 14.9 Å². The number of carbonyl (C=O) groups excluding carboxylic acids is 1. The molecule has 0 saturated heterocycles. The number of amides is 1. The van der Waals surface area contributed by atoms with Crippen LogP contribution in [0.2, 0.25) is 0 Å². The van der Waals surface area contributed by atoms with Crippen molar-refractivity contribution in [3.63, 3.8) is 0 Å². The van der Waals surface area contributed by atoms with Crippen LogP contribution < -0.4 is 20.5 Å². The maximum absolute atomic E-state index is 11.2. The smallest absolute Gasteiger partial charge is 0.273 e.